The minimum Gasteiger partial charge on any atom is -0.454 e. The van der Waals surface area contributed by atoms with Crippen molar-refractivity contribution in [3.63, 3.8) is 0 Å². The molecule has 0 aliphatic carbocycles. The number of rotatable bonds is 2. The molecule has 0 aromatic heterocycles. The van der Waals surface area contributed by atoms with Crippen LogP contribution in [0.4, 0.5) is 4.39 Å². The quantitative estimate of drug-likeness (QED) is 0.876. The third-order valence-corrected chi connectivity index (χ3v) is 3.69. The first-order valence-electron chi connectivity index (χ1n) is 6.39. The van der Waals surface area contributed by atoms with Gasteiger partial charge in [0.2, 0.25) is 6.79 Å². The Morgan fingerprint density at radius 3 is 2.61 bits per heavy atom. The summed E-state index contributed by atoms with van der Waals surface area (Å²) in [6, 6.07) is 3.76. The van der Waals surface area contributed by atoms with Crippen molar-refractivity contribution in [2.45, 2.75) is 31.9 Å². The van der Waals surface area contributed by atoms with Crippen LogP contribution >= 0.6 is 0 Å². The second-order valence-electron chi connectivity index (χ2n) is 5.45. The van der Waals surface area contributed by atoms with Crippen molar-refractivity contribution in [1.82, 2.24) is 5.32 Å². The van der Waals surface area contributed by atoms with Crippen LogP contribution in [0.25, 0.3) is 0 Å². The van der Waals surface area contributed by atoms with Crippen molar-refractivity contribution in [3.05, 3.63) is 23.3 Å². The van der Waals surface area contributed by atoms with Crippen LogP contribution in [0.5, 0.6) is 11.5 Å². The molecule has 2 heterocycles. The molecule has 2 aliphatic heterocycles. The molecule has 0 bridgehead atoms. The van der Waals surface area contributed by atoms with Gasteiger partial charge in [0.05, 0.1) is 0 Å². The maximum atomic E-state index is 14.4. The van der Waals surface area contributed by atoms with Gasteiger partial charge in [-0.05, 0) is 56.0 Å². The Kier molecular flexibility index (Phi) is 2.70. The predicted octanol–water partition coefficient (Wildman–Crippen LogP) is 2.70. The number of alkyl halides is 1. The fraction of sp³-hybridized carbons (Fsp3) is 0.571. The van der Waals surface area contributed by atoms with Gasteiger partial charge in [-0.3, -0.25) is 0 Å². The molecule has 3 rings (SSSR count). The summed E-state index contributed by atoms with van der Waals surface area (Å²) in [5, 5.41) is 3.32. The smallest absolute Gasteiger partial charge is 0.231 e. The summed E-state index contributed by atoms with van der Waals surface area (Å²) in [5.41, 5.74) is 0.413. The Hall–Kier alpha value is -1.29. The Labute approximate surface area is 106 Å². The summed E-state index contributed by atoms with van der Waals surface area (Å²) < 4.78 is 25.1. The zero-order chi connectivity index (χ0) is 12.8. The lowest BCUT2D eigenvalue weighted by Crippen LogP contribution is -2.16. The second kappa shape index (κ2) is 4.12. The molecule has 2 aliphatic rings. The molecule has 1 fully saturated rings. The number of hydrogen-bond donors (Lipinski definition) is 1. The van der Waals surface area contributed by atoms with Gasteiger partial charge < -0.3 is 14.8 Å². The molecule has 3 nitrogen and oxygen atoms in total. The van der Waals surface area contributed by atoms with Crippen LogP contribution in [0.1, 0.15) is 37.3 Å². The second-order valence-corrected chi connectivity index (χ2v) is 5.45. The van der Waals surface area contributed by atoms with E-state index in [1.165, 1.54) is 0 Å². The molecular formula is C14H18FNO2. The van der Waals surface area contributed by atoms with Crippen LogP contribution < -0.4 is 14.8 Å². The number of fused-ring (bicyclic) bond motifs is 1. The van der Waals surface area contributed by atoms with Crippen molar-refractivity contribution >= 4 is 0 Å². The molecule has 1 saturated heterocycles. The average molecular weight is 251 g/mol. The molecule has 1 aromatic rings. The highest BCUT2D eigenvalue weighted by atomic mass is 19.1. The Morgan fingerprint density at radius 2 is 2.00 bits per heavy atom. The van der Waals surface area contributed by atoms with Crippen molar-refractivity contribution in [2.24, 2.45) is 0 Å². The molecule has 1 N–H and O–H groups in total. The summed E-state index contributed by atoms with van der Waals surface area (Å²) in [6.07, 6.45) is 1.04. The molecule has 0 saturated carbocycles. The number of halogens is 1. The lowest BCUT2D eigenvalue weighted by molar-refractivity contribution is 0.173. The van der Waals surface area contributed by atoms with Crippen molar-refractivity contribution in [1.29, 1.82) is 0 Å². The SMILES string of the molecule is CC(C)(F)c1cc2c(cc1C1CCNC1)OCO2. The molecule has 1 atom stereocenters. The third-order valence-electron chi connectivity index (χ3n) is 3.69. The van der Waals surface area contributed by atoms with Crippen molar-refractivity contribution < 1.29 is 13.9 Å². The van der Waals surface area contributed by atoms with Crippen LogP contribution in [-0.4, -0.2) is 19.9 Å². The van der Waals surface area contributed by atoms with Gasteiger partial charge in [-0.15, -0.1) is 0 Å². The van der Waals surface area contributed by atoms with E-state index in [0.717, 1.165) is 36.4 Å². The van der Waals surface area contributed by atoms with Crippen LogP contribution in [0.3, 0.4) is 0 Å². The van der Waals surface area contributed by atoms with E-state index < -0.39 is 5.67 Å². The van der Waals surface area contributed by atoms with Crippen molar-refractivity contribution in [2.75, 3.05) is 19.9 Å². The average Bonchev–Trinajstić information content (AvgIpc) is 2.97. The zero-order valence-electron chi connectivity index (χ0n) is 10.8. The summed E-state index contributed by atoms with van der Waals surface area (Å²) in [6.45, 7) is 5.31. The summed E-state index contributed by atoms with van der Waals surface area (Å²) in [4.78, 5) is 0. The fourth-order valence-electron chi connectivity index (χ4n) is 2.73. The molecule has 0 amide bonds. The summed E-state index contributed by atoms with van der Waals surface area (Å²) in [5.74, 6) is 1.76. The summed E-state index contributed by atoms with van der Waals surface area (Å²) >= 11 is 0. The highest BCUT2D eigenvalue weighted by Gasteiger charge is 2.31. The van der Waals surface area contributed by atoms with E-state index >= 15 is 0 Å². The van der Waals surface area contributed by atoms with E-state index in [1.54, 1.807) is 19.9 Å². The Morgan fingerprint density at radius 1 is 1.28 bits per heavy atom. The van der Waals surface area contributed by atoms with Gasteiger partial charge in [0.25, 0.3) is 0 Å². The number of nitrogens with one attached hydrogen (secondary N) is 1. The molecule has 1 aromatic carbocycles. The van der Waals surface area contributed by atoms with Gasteiger partial charge >= 0.3 is 0 Å². The molecule has 4 heteroatoms. The minimum absolute atomic E-state index is 0.230. The first-order valence-corrected chi connectivity index (χ1v) is 6.39. The van der Waals surface area contributed by atoms with Crippen molar-refractivity contribution in [3.8, 4) is 11.5 Å². The minimum atomic E-state index is -1.36. The highest BCUT2D eigenvalue weighted by molar-refractivity contribution is 5.51. The Balaban J connectivity index is 2.09. The zero-order valence-corrected chi connectivity index (χ0v) is 10.8. The van der Waals surface area contributed by atoms with Gasteiger partial charge in [-0.25, -0.2) is 4.39 Å². The summed E-state index contributed by atoms with van der Waals surface area (Å²) in [7, 11) is 0. The van der Waals surface area contributed by atoms with E-state index in [9.17, 15) is 4.39 Å². The van der Waals surface area contributed by atoms with Crippen LogP contribution in [0.15, 0.2) is 12.1 Å². The monoisotopic (exact) mass is 251 g/mol. The standard InChI is InChI=1S/C14H18FNO2/c1-14(2,15)11-6-13-12(17-8-18-13)5-10(11)9-3-4-16-7-9/h5-6,9,16H,3-4,7-8H2,1-2H3. The maximum Gasteiger partial charge on any atom is 0.231 e. The van der Waals surface area contributed by atoms with E-state index in [4.69, 9.17) is 9.47 Å². The topological polar surface area (TPSA) is 30.5 Å². The van der Waals surface area contributed by atoms with E-state index in [2.05, 4.69) is 5.32 Å². The van der Waals surface area contributed by atoms with Gasteiger partial charge in [0, 0.05) is 6.54 Å². The van der Waals surface area contributed by atoms with Crippen LogP contribution in [0.2, 0.25) is 0 Å². The first-order chi connectivity index (χ1) is 8.55. The fourth-order valence-corrected chi connectivity index (χ4v) is 2.73. The highest BCUT2D eigenvalue weighted by Crippen LogP contribution is 2.43. The maximum absolute atomic E-state index is 14.4. The first kappa shape index (κ1) is 11.8. The molecule has 0 radical (unpaired) electrons. The van der Waals surface area contributed by atoms with E-state index in [1.807, 2.05) is 6.07 Å². The lowest BCUT2D eigenvalue weighted by atomic mass is 9.86. The molecule has 1 unspecified atom stereocenters. The van der Waals surface area contributed by atoms with E-state index in [0.29, 0.717) is 11.7 Å². The largest absolute Gasteiger partial charge is 0.454 e. The molecule has 98 valence electrons. The van der Waals surface area contributed by atoms with Gasteiger partial charge in [-0.1, -0.05) is 0 Å². The number of ether oxygens (including phenoxy) is 2. The third kappa shape index (κ3) is 1.94. The van der Waals surface area contributed by atoms with E-state index in [-0.39, 0.29) is 6.79 Å². The molecule has 0 spiro atoms. The lowest BCUT2D eigenvalue weighted by Gasteiger charge is -2.23. The van der Waals surface area contributed by atoms with Crippen LogP contribution in [-0.2, 0) is 5.67 Å². The van der Waals surface area contributed by atoms with Crippen LogP contribution in [0, 0.1) is 0 Å². The number of hydrogen-bond acceptors (Lipinski definition) is 3. The Bertz CT molecular complexity index is 462. The molecule has 18 heavy (non-hydrogen) atoms. The predicted molar refractivity (Wildman–Crippen MR) is 66.9 cm³/mol. The normalized spacial score (nSPS) is 22.5. The number of benzene rings is 1. The van der Waals surface area contributed by atoms with Gasteiger partial charge in [0.15, 0.2) is 11.5 Å². The van der Waals surface area contributed by atoms with Gasteiger partial charge in [0.1, 0.15) is 5.67 Å². The molecular weight excluding hydrogens is 233 g/mol. The van der Waals surface area contributed by atoms with Gasteiger partial charge in [-0.2, -0.15) is 0 Å².